The highest BCUT2D eigenvalue weighted by Crippen LogP contribution is 2.23. The molecule has 0 radical (unpaired) electrons. The summed E-state index contributed by atoms with van der Waals surface area (Å²) in [5, 5.41) is 21.8. The lowest BCUT2D eigenvalue weighted by molar-refractivity contribution is -0.394. The Morgan fingerprint density at radius 2 is 1.10 bits per heavy atom. The van der Waals surface area contributed by atoms with Gasteiger partial charge in [0.05, 0.1) is 28.1 Å². The second-order valence-electron chi connectivity index (χ2n) is 7.98. The molecule has 1 aromatic rings. The molecule has 0 heterocycles. The van der Waals surface area contributed by atoms with Crippen molar-refractivity contribution in [1.82, 2.24) is 0 Å². The van der Waals surface area contributed by atoms with E-state index in [9.17, 15) is 25.0 Å². The van der Waals surface area contributed by atoms with Crippen LogP contribution in [0.25, 0.3) is 0 Å². The summed E-state index contributed by atoms with van der Waals surface area (Å²) in [5.74, 6) is -0.776. The average Bonchev–Trinajstić information content (AvgIpc) is 2.75. The van der Waals surface area contributed by atoms with Crippen LogP contribution in [0.1, 0.15) is 107 Å². The normalized spacial score (nSPS) is 10.7. The molecule has 8 nitrogen and oxygen atoms in total. The highest BCUT2D eigenvalue weighted by Gasteiger charge is 2.20. The molecule has 0 aliphatic rings. The monoisotopic (exact) mass is 436 g/mol. The van der Waals surface area contributed by atoms with Crippen molar-refractivity contribution in [3.05, 3.63) is 44.0 Å². The molecule has 1 aromatic carbocycles. The smallest absolute Gasteiger partial charge is 0.338 e. The van der Waals surface area contributed by atoms with E-state index >= 15 is 0 Å². The topological polar surface area (TPSA) is 113 Å². The van der Waals surface area contributed by atoms with E-state index in [1.807, 2.05) is 0 Å². The van der Waals surface area contributed by atoms with Gasteiger partial charge in [-0.2, -0.15) is 0 Å². The van der Waals surface area contributed by atoms with E-state index in [1.165, 1.54) is 70.6 Å². The number of nitro groups is 2. The molecular weight excluding hydrogens is 400 g/mol. The van der Waals surface area contributed by atoms with E-state index < -0.39 is 27.2 Å². The highest BCUT2D eigenvalue weighted by atomic mass is 16.6. The molecular formula is C23H36N2O6. The molecule has 174 valence electrons. The first-order valence-corrected chi connectivity index (χ1v) is 11.6. The summed E-state index contributed by atoms with van der Waals surface area (Å²) in [4.78, 5) is 32.3. The number of hydrogen-bond donors (Lipinski definition) is 0. The lowest BCUT2D eigenvalue weighted by Crippen LogP contribution is -2.08. The fraction of sp³-hybridized carbons (Fsp3) is 0.696. The summed E-state index contributed by atoms with van der Waals surface area (Å²) in [6, 6.07) is 2.82. The van der Waals surface area contributed by atoms with Gasteiger partial charge in [0.2, 0.25) is 0 Å². The Labute approximate surface area is 184 Å². The molecule has 0 atom stereocenters. The van der Waals surface area contributed by atoms with Gasteiger partial charge in [0, 0.05) is 12.1 Å². The van der Waals surface area contributed by atoms with E-state index in [0.29, 0.717) is 6.42 Å². The highest BCUT2D eigenvalue weighted by molar-refractivity contribution is 5.91. The molecule has 0 saturated heterocycles. The van der Waals surface area contributed by atoms with Crippen LogP contribution in [0.2, 0.25) is 0 Å². The van der Waals surface area contributed by atoms with Crippen LogP contribution in [0.4, 0.5) is 11.4 Å². The van der Waals surface area contributed by atoms with Gasteiger partial charge in [-0.1, -0.05) is 90.4 Å². The number of carbonyl (C=O) groups is 1. The molecule has 0 fully saturated rings. The first-order valence-electron chi connectivity index (χ1n) is 11.6. The Balaban J connectivity index is 2.10. The van der Waals surface area contributed by atoms with E-state index in [-0.39, 0.29) is 12.2 Å². The van der Waals surface area contributed by atoms with Crippen molar-refractivity contribution in [3.63, 3.8) is 0 Å². The van der Waals surface area contributed by atoms with E-state index in [2.05, 4.69) is 6.92 Å². The van der Waals surface area contributed by atoms with Gasteiger partial charge in [-0.15, -0.1) is 0 Å². The standard InChI is InChI=1S/C23H36N2O6/c1-2-3-4-5-6-7-8-9-10-11-12-13-14-15-16-31-23(26)20-17-21(24(27)28)19-22(18-20)25(29)30/h17-19H,2-16H2,1H3. The maximum Gasteiger partial charge on any atom is 0.338 e. The fourth-order valence-corrected chi connectivity index (χ4v) is 3.47. The van der Waals surface area contributed by atoms with E-state index in [4.69, 9.17) is 4.74 Å². The number of non-ortho nitro benzene ring substituents is 2. The fourth-order valence-electron chi connectivity index (χ4n) is 3.47. The first kappa shape index (κ1) is 26.5. The zero-order valence-corrected chi connectivity index (χ0v) is 18.7. The largest absolute Gasteiger partial charge is 0.462 e. The Morgan fingerprint density at radius 3 is 1.48 bits per heavy atom. The number of nitrogens with zero attached hydrogens (tertiary/aromatic N) is 2. The minimum absolute atomic E-state index is 0.175. The third kappa shape index (κ3) is 12.1. The van der Waals surface area contributed by atoms with Crippen LogP contribution in [0.3, 0.4) is 0 Å². The SMILES string of the molecule is CCCCCCCCCCCCCCCCOC(=O)c1cc([N+](=O)[O-])cc([N+](=O)[O-])c1. The summed E-state index contributed by atoms with van der Waals surface area (Å²) in [5.41, 5.74) is -1.18. The first-order chi connectivity index (χ1) is 15.0. The van der Waals surface area contributed by atoms with Gasteiger partial charge in [0.15, 0.2) is 0 Å². The Kier molecular flexibility index (Phi) is 13.9. The van der Waals surface area contributed by atoms with Crippen molar-refractivity contribution in [2.24, 2.45) is 0 Å². The second kappa shape index (κ2) is 16.2. The molecule has 0 aliphatic heterocycles. The quantitative estimate of drug-likeness (QED) is 0.105. The van der Waals surface area contributed by atoms with Crippen molar-refractivity contribution >= 4 is 17.3 Å². The van der Waals surface area contributed by atoms with Crippen molar-refractivity contribution in [3.8, 4) is 0 Å². The van der Waals surface area contributed by atoms with E-state index in [0.717, 1.165) is 31.0 Å². The average molecular weight is 437 g/mol. The molecule has 0 N–H and O–H groups in total. The molecule has 0 spiro atoms. The zero-order chi connectivity index (χ0) is 22.9. The Morgan fingerprint density at radius 1 is 0.710 bits per heavy atom. The summed E-state index contributed by atoms with van der Waals surface area (Å²) < 4.78 is 5.12. The van der Waals surface area contributed by atoms with Gasteiger partial charge in [0.1, 0.15) is 0 Å². The van der Waals surface area contributed by atoms with Crippen molar-refractivity contribution in [2.75, 3.05) is 6.61 Å². The lowest BCUT2D eigenvalue weighted by Gasteiger charge is -2.06. The molecule has 31 heavy (non-hydrogen) atoms. The molecule has 0 unspecified atom stereocenters. The Hall–Kier alpha value is -2.51. The number of nitro benzene ring substituents is 2. The maximum absolute atomic E-state index is 12.1. The second-order valence-corrected chi connectivity index (χ2v) is 7.98. The van der Waals surface area contributed by atoms with Crippen LogP contribution >= 0.6 is 0 Å². The molecule has 0 aromatic heterocycles. The van der Waals surface area contributed by atoms with Crippen LogP contribution in [-0.2, 0) is 4.74 Å². The van der Waals surface area contributed by atoms with Gasteiger partial charge in [-0.3, -0.25) is 20.2 Å². The third-order valence-corrected chi connectivity index (χ3v) is 5.29. The van der Waals surface area contributed by atoms with Crippen LogP contribution in [-0.4, -0.2) is 22.4 Å². The number of hydrogen-bond acceptors (Lipinski definition) is 6. The lowest BCUT2D eigenvalue weighted by atomic mass is 10.0. The predicted octanol–water partition coefficient (Wildman–Crippen LogP) is 7.14. The van der Waals surface area contributed by atoms with Crippen LogP contribution in [0.5, 0.6) is 0 Å². The zero-order valence-electron chi connectivity index (χ0n) is 18.7. The number of carbonyl (C=O) groups excluding carboxylic acids is 1. The van der Waals surface area contributed by atoms with Gasteiger partial charge >= 0.3 is 5.97 Å². The number of ether oxygens (including phenoxy) is 1. The minimum atomic E-state index is -0.776. The van der Waals surface area contributed by atoms with Crippen molar-refractivity contribution in [2.45, 2.75) is 96.8 Å². The van der Waals surface area contributed by atoms with Crippen LogP contribution in [0.15, 0.2) is 18.2 Å². The van der Waals surface area contributed by atoms with Gasteiger partial charge in [-0.05, 0) is 6.42 Å². The molecule has 0 bridgehead atoms. The molecule has 0 saturated carbocycles. The minimum Gasteiger partial charge on any atom is -0.462 e. The molecule has 0 aliphatic carbocycles. The number of unbranched alkanes of at least 4 members (excludes halogenated alkanes) is 13. The summed E-state index contributed by atoms with van der Waals surface area (Å²) in [6.45, 7) is 2.44. The summed E-state index contributed by atoms with van der Waals surface area (Å²) in [6.07, 6.45) is 17.2. The number of benzene rings is 1. The molecule has 1 rings (SSSR count). The maximum atomic E-state index is 12.1. The van der Waals surface area contributed by atoms with Gasteiger partial charge in [-0.25, -0.2) is 4.79 Å². The predicted molar refractivity (Wildman–Crippen MR) is 120 cm³/mol. The summed E-state index contributed by atoms with van der Waals surface area (Å²) >= 11 is 0. The van der Waals surface area contributed by atoms with Gasteiger partial charge in [0.25, 0.3) is 11.4 Å². The molecule has 0 amide bonds. The third-order valence-electron chi connectivity index (χ3n) is 5.29. The molecule has 8 heteroatoms. The van der Waals surface area contributed by atoms with Crippen molar-refractivity contribution < 1.29 is 19.4 Å². The Bertz CT molecular complexity index is 660. The van der Waals surface area contributed by atoms with Crippen LogP contribution < -0.4 is 0 Å². The van der Waals surface area contributed by atoms with Gasteiger partial charge < -0.3 is 4.74 Å². The number of rotatable bonds is 18. The van der Waals surface area contributed by atoms with Crippen molar-refractivity contribution in [1.29, 1.82) is 0 Å². The summed E-state index contributed by atoms with van der Waals surface area (Å²) in [7, 11) is 0. The number of esters is 1. The van der Waals surface area contributed by atoms with E-state index in [1.54, 1.807) is 0 Å². The van der Waals surface area contributed by atoms with Crippen LogP contribution in [0, 0.1) is 20.2 Å².